The van der Waals surface area contributed by atoms with Crippen LogP contribution in [-0.2, 0) is 9.47 Å². The van der Waals surface area contributed by atoms with Crippen molar-refractivity contribution in [3.63, 3.8) is 0 Å². The van der Waals surface area contributed by atoms with Gasteiger partial charge in [0.15, 0.2) is 0 Å². The summed E-state index contributed by atoms with van der Waals surface area (Å²) < 4.78 is 16.4. The van der Waals surface area contributed by atoms with Crippen molar-refractivity contribution >= 4 is 5.69 Å². The molecule has 0 spiro atoms. The van der Waals surface area contributed by atoms with E-state index in [1.165, 1.54) is 6.07 Å². The Hall–Kier alpha value is -1.70. The summed E-state index contributed by atoms with van der Waals surface area (Å²) in [7, 11) is 1.60. The standard InChI is InChI=1S/C14H20N2O5/c1-9-11(16(17)18)4-3-5-12(9)21-13-8-10(15)14(13)20-7-6-19-2/h3-5,10,13-14H,6-8,15H2,1-2H3. The second-order valence-electron chi connectivity index (χ2n) is 5.04. The molecule has 2 N–H and O–H groups in total. The fourth-order valence-corrected chi connectivity index (χ4v) is 2.32. The number of nitro benzene ring substituents is 1. The summed E-state index contributed by atoms with van der Waals surface area (Å²) in [5, 5.41) is 10.9. The zero-order valence-corrected chi connectivity index (χ0v) is 12.2. The van der Waals surface area contributed by atoms with E-state index < -0.39 is 4.92 Å². The van der Waals surface area contributed by atoms with E-state index in [1.807, 2.05) is 0 Å². The summed E-state index contributed by atoms with van der Waals surface area (Å²) in [4.78, 5) is 10.5. The molecule has 3 unspecified atom stereocenters. The van der Waals surface area contributed by atoms with Crippen LogP contribution in [0.4, 0.5) is 5.69 Å². The Labute approximate surface area is 123 Å². The quantitative estimate of drug-likeness (QED) is 0.464. The third-order valence-electron chi connectivity index (χ3n) is 3.62. The first kappa shape index (κ1) is 15.7. The number of nitrogens with zero attached hydrogens (tertiary/aromatic N) is 1. The van der Waals surface area contributed by atoms with Crippen molar-refractivity contribution in [1.82, 2.24) is 0 Å². The molecule has 0 aromatic heterocycles. The maximum Gasteiger partial charge on any atom is 0.276 e. The normalized spacial score (nSPS) is 24.4. The van der Waals surface area contributed by atoms with Gasteiger partial charge in [0.2, 0.25) is 0 Å². The van der Waals surface area contributed by atoms with E-state index in [1.54, 1.807) is 26.2 Å². The van der Waals surface area contributed by atoms with Crippen LogP contribution in [0.5, 0.6) is 5.75 Å². The molecule has 1 aromatic carbocycles. The van der Waals surface area contributed by atoms with E-state index in [9.17, 15) is 10.1 Å². The first-order valence-electron chi connectivity index (χ1n) is 6.81. The van der Waals surface area contributed by atoms with Crippen LogP contribution in [0.3, 0.4) is 0 Å². The Kier molecular flexibility index (Phi) is 5.11. The first-order valence-corrected chi connectivity index (χ1v) is 6.81. The molecule has 0 amide bonds. The molecule has 21 heavy (non-hydrogen) atoms. The highest BCUT2D eigenvalue weighted by Crippen LogP contribution is 2.32. The molecule has 0 bridgehead atoms. The molecule has 1 saturated carbocycles. The summed E-state index contributed by atoms with van der Waals surface area (Å²) in [6, 6.07) is 4.71. The maximum absolute atomic E-state index is 10.9. The number of nitrogens with two attached hydrogens (primary N) is 1. The molecule has 1 fully saturated rings. The summed E-state index contributed by atoms with van der Waals surface area (Å²) in [6.45, 7) is 2.61. The number of ether oxygens (including phenoxy) is 3. The molecular weight excluding hydrogens is 276 g/mol. The van der Waals surface area contributed by atoms with Gasteiger partial charge in [-0.3, -0.25) is 10.1 Å². The lowest BCUT2D eigenvalue weighted by Gasteiger charge is -2.41. The number of methoxy groups -OCH3 is 1. The first-order chi connectivity index (χ1) is 10.0. The number of rotatable bonds is 7. The topological polar surface area (TPSA) is 96.9 Å². The second kappa shape index (κ2) is 6.84. The largest absolute Gasteiger partial charge is 0.487 e. The Morgan fingerprint density at radius 1 is 1.43 bits per heavy atom. The molecule has 3 atom stereocenters. The predicted molar refractivity (Wildman–Crippen MR) is 76.5 cm³/mol. The van der Waals surface area contributed by atoms with E-state index in [-0.39, 0.29) is 23.9 Å². The molecule has 0 heterocycles. The van der Waals surface area contributed by atoms with E-state index in [0.29, 0.717) is 30.9 Å². The van der Waals surface area contributed by atoms with Crippen LogP contribution in [-0.4, -0.2) is 43.5 Å². The SMILES string of the molecule is COCCOC1C(N)CC1Oc1cccc([N+](=O)[O-])c1C. The Bertz CT molecular complexity index is 508. The smallest absolute Gasteiger partial charge is 0.276 e. The molecule has 1 aliphatic carbocycles. The number of hydrogen-bond acceptors (Lipinski definition) is 6. The molecule has 7 heteroatoms. The highest BCUT2D eigenvalue weighted by atomic mass is 16.6. The van der Waals surface area contributed by atoms with Gasteiger partial charge in [-0.2, -0.15) is 0 Å². The molecule has 116 valence electrons. The van der Waals surface area contributed by atoms with Crippen molar-refractivity contribution in [2.24, 2.45) is 5.73 Å². The zero-order valence-electron chi connectivity index (χ0n) is 12.2. The van der Waals surface area contributed by atoms with Crippen molar-refractivity contribution in [2.75, 3.05) is 20.3 Å². The molecule has 2 rings (SSSR count). The van der Waals surface area contributed by atoms with Crippen LogP contribution in [0.25, 0.3) is 0 Å². The van der Waals surface area contributed by atoms with E-state index >= 15 is 0 Å². The van der Waals surface area contributed by atoms with E-state index in [0.717, 1.165) is 0 Å². The van der Waals surface area contributed by atoms with Crippen LogP contribution in [0.2, 0.25) is 0 Å². The van der Waals surface area contributed by atoms with Crippen LogP contribution < -0.4 is 10.5 Å². The third kappa shape index (κ3) is 3.49. The molecule has 1 aromatic rings. The zero-order chi connectivity index (χ0) is 15.4. The Morgan fingerprint density at radius 2 is 2.19 bits per heavy atom. The summed E-state index contributed by atoms with van der Waals surface area (Å²) in [6.07, 6.45) is 0.274. The van der Waals surface area contributed by atoms with Gasteiger partial charge in [-0.1, -0.05) is 6.07 Å². The van der Waals surface area contributed by atoms with Crippen molar-refractivity contribution in [1.29, 1.82) is 0 Å². The van der Waals surface area contributed by atoms with Crippen molar-refractivity contribution in [2.45, 2.75) is 31.6 Å². The lowest BCUT2D eigenvalue weighted by molar-refractivity contribution is -0.385. The minimum Gasteiger partial charge on any atom is -0.487 e. The van der Waals surface area contributed by atoms with Crippen LogP contribution in [0.15, 0.2) is 18.2 Å². The molecule has 0 saturated heterocycles. The monoisotopic (exact) mass is 296 g/mol. The summed E-state index contributed by atoms with van der Waals surface area (Å²) in [5.41, 5.74) is 6.47. The van der Waals surface area contributed by atoms with Gasteiger partial charge in [0, 0.05) is 25.6 Å². The molecule has 0 radical (unpaired) electrons. The van der Waals surface area contributed by atoms with Crippen molar-refractivity contribution in [3.05, 3.63) is 33.9 Å². The third-order valence-corrected chi connectivity index (χ3v) is 3.62. The van der Waals surface area contributed by atoms with Gasteiger partial charge in [0.05, 0.1) is 23.7 Å². The van der Waals surface area contributed by atoms with Gasteiger partial charge in [-0.15, -0.1) is 0 Å². The van der Waals surface area contributed by atoms with Gasteiger partial charge in [-0.05, 0) is 13.0 Å². The Morgan fingerprint density at radius 3 is 2.81 bits per heavy atom. The fraction of sp³-hybridized carbons (Fsp3) is 0.571. The molecular formula is C14H20N2O5. The molecule has 0 aliphatic heterocycles. The summed E-state index contributed by atoms with van der Waals surface area (Å²) >= 11 is 0. The maximum atomic E-state index is 10.9. The average Bonchev–Trinajstić information content (AvgIpc) is 2.44. The van der Waals surface area contributed by atoms with Crippen LogP contribution >= 0.6 is 0 Å². The average molecular weight is 296 g/mol. The number of benzene rings is 1. The van der Waals surface area contributed by atoms with Gasteiger partial charge < -0.3 is 19.9 Å². The number of hydrogen-bond donors (Lipinski definition) is 1. The highest BCUT2D eigenvalue weighted by molar-refractivity contribution is 5.48. The highest BCUT2D eigenvalue weighted by Gasteiger charge is 2.42. The van der Waals surface area contributed by atoms with Gasteiger partial charge in [-0.25, -0.2) is 0 Å². The van der Waals surface area contributed by atoms with E-state index in [2.05, 4.69) is 0 Å². The Balaban J connectivity index is 2.01. The van der Waals surface area contributed by atoms with Crippen molar-refractivity contribution < 1.29 is 19.1 Å². The summed E-state index contributed by atoms with van der Waals surface area (Å²) in [5.74, 6) is 0.501. The molecule has 1 aliphatic rings. The lowest BCUT2D eigenvalue weighted by Crippen LogP contribution is -2.59. The van der Waals surface area contributed by atoms with Gasteiger partial charge in [0.25, 0.3) is 5.69 Å². The van der Waals surface area contributed by atoms with E-state index in [4.69, 9.17) is 19.9 Å². The van der Waals surface area contributed by atoms with Crippen molar-refractivity contribution in [3.8, 4) is 5.75 Å². The second-order valence-corrected chi connectivity index (χ2v) is 5.04. The fourth-order valence-electron chi connectivity index (χ4n) is 2.32. The van der Waals surface area contributed by atoms with Gasteiger partial charge >= 0.3 is 0 Å². The minimum atomic E-state index is -0.415. The number of nitro groups is 1. The predicted octanol–water partition coefficient (Wildman–Crippen LogP) is 1.41. The van der Waals surface area contributed by atoms with Crippen LogP contribution in [0.1, 0.15) is 12.0 Å². The minimum absolute atomic E-state index is 0.0490. The van der Waals surface area contributed by atoms with Crippen LogP contribution in [0, 0.1) is 17.0 Å². The van der Waals surface area contributed by atoms with Gasteiger partial charge in [0.1, 0.15) is 18.0 Å². The molecule has 7 nitrogen and oxygen atoms in total. The lowest BCUT2D eigenvalue weighted by atomic mass is 9.86.